The van der Waals surface area contributed by atoms with E-state index in [-0.39, 0.29) is 22.1 Å². The van der Waals surface area contributed by atoms with E-state index in [1.54, 1.807) is 24.3 Å². The number of nitrogens with two attached hydrogens (primary N) is 1. The van der Waals surface area contributed by atoms with E-state index in [4.69, 9.17) is 31.7 Å². The number of hydrazine groups is 1. The molecule has 0 saturated heterocycles. The van der Waals surface area contributed by atoms with Crippen molar-refractivity contribution in [1.29, 1.82) is 0 Å². The number of nitrogen functional groups attached to an aromatic ring is 1. The lowest BCUT2D eigenvalue weighted by Crippen LogP contribution is -2.30. The quantitative estimate of drug-likeness (QED) is 0.282. The molecule has 24 heavy (non-hydrogen) atoms. The third-order valence-electron chi connectivity index (χ3n) is 3.14. The van der Waals surface area contributed by atoms with Crippen molar-refractivity contribution in [3.63, 3.8) is 0 Å². The standard InChI is InChI=1S/C16H15ClN2O5/c1-22-11-5-3-9(4-6-11)16(21)24-14-12(17)7-10(15(20)19-18)8-13(14)23-2/h3-8H,18H2,1-2H3,(H,19,20). The molecular formula is C16H15ClN2O5. The molecule has 8 heteroatoms. The van der Waals surface area contributed by atoms with Gasteiger partial charge in [0, 0.05) is 5.56 Å². The van der Waals surface area contributed by atoms with Gasteiger partial charge in [0.15, 0.2) is 11.5 Å². The molecule has 2 rings (SSSR count). The van der Waals surface area contributed by atoms with Gasteiger partial charge in [-0.05, 0) is 36.4 Å². The zero-order valence-corrected chi connectivity index (χ0v) is 13.7. The smallest absolute Gasteiger partial charge is 0.343 e. The van der Waals surface area contributed by atoms with E-state index in [9.17, 15) is 9.59 Å². The van der Waals surface area contributed by atoms with Crippen LogP contribution in [0.5, 0.6) is 17.2 Å². The number of carbonyl (C=O) groups excluding carboxylic acids is 2. The summed E-state index contributed by atoms with van der Waals surface area (Å²) in [4.78, 5) is 23.8. The van der Waals surface area contributed by atoms with Crippen LogP contribution in [0, 0.1) is 0 Å². The van der Waals surface area contributed by atoms with Crippen molar-refractivity contribution < 1.29 is 23.8 Å². The molecule has 0 heterocycles. The molecule has 0 radical (unpaired) electrons. The highest BCUT2D eigenvalue weighted by Gasteiger charge is 2.19. The van der Waals surface area contributed by atoms with Crippen LogP contribution in [0.15, 0.2) is 36.4 Å². The molecule has 126 valence electrons. The van der Waals surface area contributed by atoms with Gasteiger partial charge in [-0.2, -0.15) is 0 Å². The van der Waals surface area contributed by atoms with Crippen LogP contribution in [0.2, 0.25) is 5.02 Å². The lowest BCUT2D eigenvalue weighted by molar-refractivity contribution is 0.0730. The zero-order chi connectivity index (χ0) is 17.7. The molecule has 0 bridgehead atoms. The van der Waals surface area contributed by atoms with Gasteiger partial charge >= 0.3 is 5.97 Å². The van der Waals surface area contributed by atoms with Gasteiger partial charge in [-0.1, -0.05) is 11.6 Å². The summed E-state index contributed by atoms with van der Waals surface area (Å²) in [5, 5.41) is 0.0369. The number of halogens is 1. The van der Waals surface area contributed by atoms with Crippen LogP contribution in [0.1, 0.15) is 20.7 Å². The molecule has 0 aliphatic heterocycles. The normalized spacial score (nSPS) is 10.0. The Morgan fingerprint density at radius 1 is 1.04 bits per heavy atom. The maximum Gasteiger partial charge on any atom is 0.343 e. The van der Waals surface area contributed by atoms with Crippen molar-refractivity contribution in [2.45, 2.75) is 0 Å². The van der Waals surface area contributed by atoms with E-state index in [0.29, 0.717) is 11.3 Å². The minimum Gasteiger partial charge on any atom is -0.497 e. The monoisotopic (exact) mass is 350 g/mol. The molecule has 1 amide bonds. The first-order valence-corrected chi connectivity index (χ1v) is 7.12. The van der Waals surface area contributed by atoms with Crippen molar-refractivity contribution in [2.24, 2.45) is 5.84 Å². The highest BCUT2D eigenvalue weighted by Crippen LogP contribution is 2.37. The topological polar surface area (TPSA) is 99.9 Å². The average Bonchev–Trinajstić information content (AvgIpc) is 2.62. The first-order valence-electron chi connectivity index (χ1n) is 6.74. The van der Waals surface area contributed by atoms with Crippen LogP contribution >= 0.6 is 11.6 Å². The Kier molecular flexibility index (Phi) is 5.62. The molecule has 0 spiro atoms. The average molecular weight is 351 g/mol. The fourth-order valence-corrected chi connectivity index (χ4v) is 2.16. The minimum absolute atomic E-state index is 0.00792. The third-order valence-corrected chi connectivity index (χ3v) is 3.42. The summed E-state index contributed by atoms with van der Waals surface area (Å²) >= 11 is 6.10. The summed E-state index contributed by atoms with van der Waals surface area (Å²) < 4.78 is 15.5. The summed E-state index contributed by atoms with van der Waals surface area (Å²) in [6.45, 7) is 0. The number of hydrogen-bond donors (Lipinski definition) is 2. The molecule has 0 fully saturated rings. The van der Waals surface area contributed by atoms with Crippen molar-refractivity contribution >= 4 is 23.5 Å². The SMILES string of the molecule is COc1ccc(C(=O)Oc2c(Cl)cc(C(=O)NN)cc2OC)cc1. The Morgan fingerprint density at radius 3 is 2.25 bits per heavy atom. The zero-order valence-electron chi connectivity index (χ0n) is 13.0. The lowest BCUT2D eigenvalue weighted by Gasteiger charge is -2.12. The van der Waals surface area contributed by atoms with Gasteiger partial charge < -0.3 is 14.2 Å². The number of carbonyl (C=O) groups is 2. The summed E-state index contributed by atoms with van der Waals surface area (Å²) in [7, 11) is 2.89. The Bertz CT molecular complexity index is 762. The van der Waals surface area contributed by atoms with Crippen LogP contribution in [0.4, 0.5) is 0 Å². The molecule has 0 unspecified atom stereocenters. The van der Waals surface area contributed by atoms with E-state index in [2.05, 4.69) is 0 Å². The number of hydrogen-bond acceptors (Lipinski definition) is 6. The van der Waals surface area contributed by atoms with Crippen molar-refractivity contribution in [2.75, 3.05) is 14.2 Å². The number of methoxy groups -OCH3 is 2. The molecule has 0 atom stereocenters. The molecule has 0 aromatic heterocycles. The molecule has 2 aromatic carbocycles. The second kappa shape index (κ2) is 7.67. The van der Waals surface area contributed by atoms with Crippen LogP contribution in [0.25, 0.3) is 0 Å². The fraction of sp³-hybridized carbons (Fsp3) is 0.125. The first-order chi connectivity index (χ1) is 11.5. The Hall–Kier alpha value is -2.77. The van der Waals surface area contributed by atoms with E-state index >= 15 is 0 Å². The number of rotatable bonds is 5. The molecule has 7 nitrogen and oxygen atoms in total. The highest BCUT2D eigenvalue weighted by atomic mass is 35.5. The fourth-order valence-electron chi connectivity index (χ4n) is 1.91. The van der Waals surface area contributed by atoms with Gasteiger partial charge in [0.25, 0.3) is 5.91 Å². The molecule has 3 N–H and O–H groups in total. The van der Waals surface area contributed by atoms with Crippen LogP contribution in [-0.4, -0.2) is 26.1 Å². The van der Waals surface area contributed by atoms with Gasteiger partial charge in [-0.25, -0.2) is 10.6 Å². The van der Waals surface area contributed by atoms with Crippen molar-refractivity contribution in [1.82, 2.24) is 5.43 Å². The maximum absolute atomic E-state index is 12.2. The van der Waals surface area contributed by atoms with Crippen LogP contribution in [-0.2, 0) is 0 Å². The van der Waals surface area contributed by atoms with Gasteiger partial charge in [-0.15, -0.1) is 0 Å². The number of amides is 1. The molecule has 0 aliphatic carbocycles. The molecule has 0 saturated carbocycles. The summed E-state index contributed by atoms with van der Waals surface area (Å²) in [6.07, 6.45) is 0. The van der Waals surface area contributed by atoms with Gasteiger partial charge in [0.2, 0.25) is 0 Å². The van der Waals surface area contributed by atoms with E-state index < -0.39 is 11.9 Å². The van der Waals surface area contributed by atoms with Crippen molar-refractivity contribution in [3.8, 4) is 17.2 Å². The van der Waals surface area contributed by atoms with E-state index in [0.717, 1.165) is 0 Å². The number of benzene rings is 2. The van der Waals surface area contributed by atoms with Gasteiger partial charge in [-0.3, -0.25) is 10.2 Å². The van der Waals surface area contributed by atoms with Crippen LogP contribution < -0.4 is 25.5 Å². The minimum atomic E-state index is -0.631. The predicted molar refractivity (Wildman–Crippen MR) is 87.6 cm³/mol. The summed E-state index contributed by atoms with van der Waals surface area (Å²) in [5.41, 5.74) is 2.46. The summed E-state index contributed by atoms with van der Waals surface area (Å²) in [6, 6.07) is 9.05. The predicted octanol–water partition coefficient (Wildman–Crippen LogP) is 2.18. The van der Waals surface area contributed by atoms with Crippen molar-refractivity contribution in [3.05, 3.63) is 52.5 Å². The van der Waals surface area contributed by atoms with E-state index in [1.807, 2.05) is 5.43 Å². The Morgan fingerprint density at radius 2 is 1.71 bits per heavy atom. The Balaban J connectivity index is 2.30. The molecule has 0 aliphatic rings. The number of esters is 1. The van der Waals surface area contributed by atoms with E-state index in [1.165, 1.54) is 26.4 Å². The first kappa shape index (κ1) is 17.6. The van der Waals surface area contributed by atoms with Crippen LogP contribution in [0.3, 0.4) is 0 Å². The number of nitrogens with one attached hydrogen (secondary N) is 1. The lowest BCUT2D eigenvalue weighted by atomic mass is 10.2. The third kappa shape index (κ3) is 3.76. The largest absolute Gasteiger partial charge is 0.497 e. The second-order valence-electron chi connectivity index (χ2n) is 4.58. The maximum atomic E-state index is 12.2. The van der Waals surface area contributed by atoms with Gasteiger partial charge in [0.1, 0.15) is 5.75 Å². The molecular weight excluding hydrogens is 336 g/mol. The number of ether oxygens (including phenoxy) is 3. The van der Waals surface area contributed by atoms with Gasteiger partial charge in [0.05, 0.1) is 24.8 Å². The molecule has 2 aromatic rings. The highest BCUT2D eigenvalue weighted by molar-refractivity contribution is 6.33. The second-order valence-corrected chi connectivity index (χ2v) is 4.99. The Labute approximate surface area is 143 Å². The summed E-state index contributed by atoms with van der Waals surface area (Å²) in [5.74, 6) is 4.65.